The topological polar surface area (TPSA) is 83.5 Å². The molecule has 160 valence electrons. The Morgan fingerprint density at radius 3 is 2.58 bits per heavy atom. The van der Waals surface area contributed by atoms with Crippen LogP contribution >= 0.6 is 15.9 Å². The van der Waals surface area contributed by atoms with Gasteiger partial charge in [-0.05, 0) is 57.0 Å². The SMILES string of the molecule is COc1cccc(-n2nnn(C)c2=O)c1COc1ccc([N+]2(C)C=C(Br)C=N2)cc1C. The standard InChI is InChI=1S/C21H22BrN6O3/c1-14-10-16(28(3)12-15(22)11-23-28)8-9-19(14)31-13-17-18(6-5-7-20(17)30-4)27-21(29)26(2)24-25-27/h5-12H,13H2,1-4H3/q+1. The number of aromatic nitrogens is 4. The van der Waals surface area contributed by atoms with Crippen LogP contribution in [0.1, 0.15) is 11.1 Å². The number of allylic oxidation sites excluding steroid dienone is 1. The van der Waals surface area contributed by atoms with Crippen LogP contribution in [0.2, 0.25) is 0 Å². The molecule has 1 atom stereocenters. The van der Waals surface area contributed by atoms with Crippen molar-refractivity contribution >= 4 is 27.8 Å². The van der Waals surface area contributed by atoms with Crippen molar-refractivity contribution in [2.75, 3.05) is 14.2 Å². The maximum Gasteiger partial charge on any atom is 0.368 e. The number of rotatable bonds is 6. The van der Waals surface area contributed by atoms with Crippen molar-refractivity contribution in [3.8, 4) is 17.2 Å². The van der Waals surface area contributed by atoms with Crippen LogP contribution in [0.4, 0.5) is 5.69 Å². The van der Waals surface area contributed by atoms with Gasteiger partial charge in [-0.25, -0.2) is 4.79 Å². The van der Waals surface area contributed by atoms with Crippen LogP contribution in [0.5, 0.6) is 11.5 Å². The van der Waals surface area contributed by atoms with Gasteiger partial charge in [0.2, 0.25) is 0 Å². The third kappa shape index (κ3) is 3.91. The fraction of sp³-hybridized carbons (Fsp3) is 0.238. The number of hydrogen-bond donors (Lipinski definition) is 0. The molecule has 31 heavy (non-hydrogen) atoms. The van der Waals surface area contributed by atoms with E-state index in [4.69, 9.17) is 9.47 Å². The quantitative estimate of drug-likeness (QED) is 0.501. The van der Waals surface area contributed by atoms with Gasteiger partial charge in [0, 0.05) is 19.2 Å². The molecular weight excluding hydrogens is 464 g/mol. The van der Waals surface area contributed by atoms with E-state index in [1.807, 2.05) is 44.4 Å². The Balaban J connectivity index is 1.64. The Labute approximate surface area is 187 Å². The monoisotopic (exact) mass is 485 g/mol. The number of hydrogen-bond acceptors (Lipinski definition) is 6. The summed E-state index contributed by atoms with van der Waals surface area (Å²) in [6.45, 7) is 2.18. The zero-order valence-corrected chi connectivity index (χ0v) is 19.2. The second-order valence-corrected chi connectivity index (χ2v) is 8.19. The minimum atomic E-state index is -0.350. The molecule has 0 saturated carbocycles. The Morgan fingerprint density at radius 1 is 1.16 bits per heavy atom. The molecule has 0 bridgehead atoms. The molecule has 1 aliphatic heterocycles. The highest BCUT2D eigenvalue weighted by molar-refractivity contribution is 9.12. The molecule has 1 unspecified atom stereocenters. The molecule has 0 N–H and O–H groups in total. The molecule has 0 amide bonds. The lowest BCUT2D eigenvalue weighted by Crippen LogP contribution is -2.30. The normalized spacial score (nSPS) is 17.6. The fourth-order valence-electron chi connectivity index (χ4n) is 3.40. The first-order valence-corrected chi connectivity index (χ1v) is 10.3. The Kier molecular flexibility index (Phi) is 5.50. The van der Waals surface area contributed by atoms with E-state index in [1.165, 1.54) is 9.36 Å². The van der Waals surface area contributed by atoms with Gasteiger partial charge in [0.1, 0.15) is 37.6 Å². The number of ether oxygens (including phenoxy) is 2. The number of tetrazole rings is 1. The van der Waals surface area contributed by atoms with E-state index in [2.05, 4.69) is 31.5 Å². The van der Waals surface area contributed by atoms with Crippen LogP contribution in [0.3, 0.4) is 0 Å². The highest BCUT2D eigenvalue weighted by atomic mass is 79.9. The minimum Gasteiger partial charge on any atom is -0.496 e. The molecule has 0 fully saturated rings. The van der Waals surface area contributed by atoms with Crippen LogP contribution in [0.15, 0.2) is 57.0 Å². The largest absolute Gasteiger partial charge is 0.496 e. The van der Waals surface area contributed by atoms with E-state index in [0.717, 1.165) is 21.5 Å². The van der Waals surface area contributed by atoms with Crippen molar-refractivity contribution in [2.45, 2.75) is 13.5 Å². The molecule has 4 rings (SSSR count). The van der Waals surface area contributed by atoms with Crippen molar-refractivity contribution in [3.63, 3.8) is 0 Å². The first-order valence-electron chi connectivity index (χ1n) is 9.52. The Bertz CT molecular complexity index is 1260. The predicted octanol–water partition coefficient (Wildman–Crippen LogP) is 3.03. The maximum atomic E-state index is 12.4. The van der Waals surface area contributed by atoms with Crippen LogP contribution in [0, 0.1) is 6.92 Å². The van der Waals surface area contributed by atoms with E-state index in [0.29, 0.717) is 21.6 Å². The predicted molar refractivity (Wildman–Crippen MR) is 122 cm³/mol. The number of quaternary nitrogens is 1. The zero-order chi connectivity index (χ0) is 22.2. The van der Waals surface area contributed by atoms with Crippen molar-refractivity contribution in [2.24, 2.45) is 12.1 Å². The number of nitrogens with zero attached hydrogens (tertiary/aromatic N) is 6. The lowest BCUT2D eigenvalue weighted by atomic mass is 10.1. The van der Waals surface area contributed by atoms with Gasteiger partial charge < -0.3 is 9.47 Å². The van der Waals surface area contributed by atoms with E-state index >= 15 is 0 Å². The summed E-state index contributed by atoms with van der Waals surface area (Å²) in [5.41, 5.74) is 2.89. The van der Waals surface area contributed by atoms with Crippen LogP contribution in [0.25, 0.3) is 5.69 Å². The average Bonchev–Trinajstić information content (AvgIpc) is 3.28. The van der Waals surface area contributed by atoms with Crippen molar-refractivity contribution in [1.29, 1.82) is 0 Å². The zero-order valence-electron chi connectivity index (χ0n) is 17.6. The number of benzene rings is 2. The average molecular weight is 486 g/mol. The molecule has 0 spiro atoms. The molecule has 0 radical (unpaired) electrons. The van der Waals surface area contributed by atoms with E-state index in [9.17, 15) is 4.79 Å². The van der Waals surface area contributed by atoms with Crippen LogP contribution in [-0.2, 0) is 13.7 Å². The van der Waals surface area contributed by atoms with Crippen LogP contribution < -0.4 is 19.8 Å². The number of halogens is 1. The van der Waals surface area contributed by atoms with Gasteiger partial charge in [-0.2, -0.15) is 9.36 Å². The summed E-state index contributed by atoms with van der Waals surface area (Å²) in [6, 6.07) is 11.4. The molecule has 10 heteroatoms. The van der Waals surface area contributed by atoms with Gasteiger partial charge in [0.25, 0.3) is 0 Å². The first-order chi connectivity index (χ1) is 14.8. The maximum absolute atomic E-state index is 12.4. The smallest absolute Gasteiger partial charge is 0.368 e. The van der Waals surface area contributed by atoms with E-state index in [1.54, 1.807) is 32.5 Å². The summed E-state index contributed by atoms with van der Waals surface area (Å²) < 4.78 is 15.3. The summed E-state index contributed by atoms with van der Waals surface area (Å²) >= 11 is 3.47. The third-order valence-corrected chi connectivity index (χ3v) is 5.54. The third-order valence-electron chi connectivity index (χ3n) is 5.13. The highest BCUT2D eigenvalue weighted by Gasteiger charge is 2.28. The lowest BCUT2D eigenvalue weighted by molar-refractivity contribution is 0.294. The summed E-state index contributed by atoms with van der Waals surface area (Å²) in [5.74, 6) is 1.33. The summed E-state index contributed by atoms with van der Waals surface area (Å²) in [5, 5.41) is 12.3. The second kappa shape index (κ2) is 8.12. The molecule has 1 aliphatic rings. The lowest BCUT2D eigenvalue weighted by Gasteiger charge is -2.21. The van der Waals surface area contributed by atoms with Gasteiger partial charge in [0.15, 0.2) is 5.69 Å². The molecule has 2 heterocycles. The van der Waals surface area contributed by atoms with Gasteiger partial charge in [-0.15, -0.1) is 4.59 Å². The highest BCUT2D eigenvalue weighted by Crippen LogP contribution is 2.33. The van der Waals surface area contributed by atoms with Gasteiger partial charge in [-0.3, -0.25) is 0 Å². The molecular formula is C21H22BrN6O3+. The summed E-state index contributed by atoms with van der Waals surface area (Å²) in [4.78, 5) is 12.4. The summed E-state index contributed by atoms with van der Waals surface area (Å²) in [6.07, 6.45) is 3.80. The first kappa shape index (κ1) is 21.0. The molecule has 9 nitrogen and oxygen atoms in total. The van der Waals surface area contributed by atoms with Crippen molar-refractivity contribution in [3.05, 3.63) is 68.7 Å². The van der Waals surface area contributed by atoms with E-state index < -0.39 is 0 Å². The molecule has 1 aromatic heterocycles. The van der Waals surface area contributed by atoms with E-state index in [-0.39, 0.29) is 12.3 Å². The number of methoxy groups -OCH3 is 1. The van der Waals surface area contributed by atoms with Gasteiger partial charge in [0.05, 0.1) is 22.8 Å². The molecule has 2 aromatic carbocycles. The van der Waals surface area contributed by atoms with Crippen molar-refractivity contribution < 1.29 is 9.47 Å². The molecule has 0 saturated heterocycles. The minimum absolute atomic E-state index is 0.193. The second-order valence-electron chi connectivity index (χ2n) is 7.28. The van der Waals surface area contributed by atoms with Gasteiger partial charge >= 0.3 is 5.69 Å². The summed E-state index contributed by atoms with van der Waals surface area (Å²) in [7, 11) is 5.13. The molecule has 3 aromatic rings. The van der Waals surface area contributed by atoms with Gasteiger partial charge in [-0.1, -0.05) is 11.2 Å². The Hall–Kier alpha value is -3.24. The van der Waals surface area contributed by atoms with Crippen LogP contribution in [-0.4, -0.2) is 40.2 Å². The fourth-order valence-corrected chi connectivity index (χ4v) is 3.89. The number of aryl methyl sites for hydroxylation is 2. The molecule has 0 aliphatic carbocycles. The Morgan fingerprint density at radius 2 is 1.97 bits per heavy atom. The van der Waals surface area contributed by atoms with Crippen molar-refractivity contribution in [1.82, 2.24) is 24.4 Å².